The van der Waals surface area contributed by atoms with Gasteiger partial charge in [-0.15, -0.1) is 0 Å². The van der Waals surface area contributed by atoms with E-state index >= 15 is 0 Å². The smallest absolute Gasteiger partial charge is 0.0931 e. The van der Waals surface area contributed by atoms with E-state index in [1.165, 1.54) is 5.56 Å². The summed E-state index contributed by atoms with van der Waals surface area (Å²) in [5.74, 6) is 0. The summed E-state index contributed by atoms with van der Waals surface area (Å²) >= 11 is 0. The van der Waals surface area contributed by atoms with Crippen LogP contribution in [0.25, 0.3) is 11.0 Å². The summed E-state index contributed by atoms with van der Waals surface area (Å²) in [6.45, 7) is 4.40. The molecule has 0 radical (unpaired) electrons. The lowest BCUT2D eigenvalue weighted by molar-refractivity contribution is 0.422. The minimum atomic E-state index is 0.133. The number of H-pyrrole nitrogens is 1. The first-order valence-electron chi connectivity index (χ1n) is 5.22. The third kappa shape index (κ3) is 2.18. The fourth-order valence-electron chi connectivity index (χ4n) is 1.69. The van der Waals surface area contributed by atoms with Crippen molar-refractivity contribution in [3.63, 3.8) is 0 Å². The maximum atomic E-state index is 4.21. The number of aromatic nitrogens is 2. The van der Waals surface area contributed by atoms with Crippen LogP contribution >= 0.6 is 0 Å². The average Bonchev–Trinajstić information content (AvgIpc) is 2.64. The average molecular weight is 203 g/mol. The highest BCUT2D eigenvalue weighted by Crippen LogP contribution is 2.16. The van der Waals surface area contributed by atoms with E-state index in [4.69, 9.17) is 0 Å². The molecule has 0 amide bonds. The number of imidazole rings is 1. The molecule has 80 valence electrons. The van der Waals surface area contributed by atoms with Gasteiger partial charge in [-0.3, -0.25) is 0 Å². The summed E-state index contributed by atoms with van der Waals surface area (Å²) in [5, 5.41) is 3.31. The van der Waals surface area contributed by atoms with Crippen molar-refractivity contribution in [2.24, 2.45) is 0 Å². The molecule has 0 fully saturated rings. The lowest BCUT2D eigenvalue weighted by Crippen LogP contribution is -2.38. The van der Waals surface area contributed by atoms with E-state index in [-0.39, 0.29) is 5.54 Å². The Balaban J connectivity index is 2.28. The molecular weight excluding hydrogens is 186 g/mol. The zero-order valence-corrected chi connectivity index (χ0v) is 9.46. The van der Waals surface area contributed by atoms with Gasteiger partial charge in [0, 0.05) is 5.54 Å². The van der Waals surface area contributed by atoms with E-state index in [0.717, 1.165) is 17.5 Å². The van der Waals surface area contributed by atoms with Gasteiger partial charge in [0.25, 0.3) is 0 Å². The third-order valence-electron chi connectivity index (χ3n) is 2.81. The van der Waals surface area contributed by atoms with Crippen LogP contribution in [0.15, 0.2) is 24.5 Å². The first-order chi connectivity index (χ1) is 7.11. The quantitative estimate of drug-likeness (QED) is 0.802. The summed E-state index contributed by atoms with van der Waals surface area (Å²) in [6.07, 6.45) is 2.75. The van der Waals surface area contributed by atoms with Crippen LogP contribution in [0.5, 0.6) is 0 Å². The Morgan fingerprint density at radius 1 is 1.40 bits per heavy atom. The molecule has 0 aliphatic carbocycles. The molecule has 1 aromatic heterocycles. The summed E-state index contributed by atoms with van der Waals surface area (Å²) in [5.41, 5.74) is 3.60. The first kappa shape index (κ1) is 10.2. The highest BCUT2D eigenvalue weighted by Gasteiger charge is 2.15. The third-order valence-corrected chi connectivity index (χ3v) is 2.81. The number of rotatable bonds is 3. The molecule has 0 unspecified atom stereocenters. The molecule has 2 aromatic rings. The number of aromatic amines is 1. The van der Waals surface area contributed by atoms with Crippen LogP contribution in [-0.4, -0.2) is 22.6 Å². The lowest BCUT2D eigenvalue weighted by Gasteiger charge is -2.23. The SMILES string of the molecule is CNC(C)(C)Cc1ccc2nc[nH]c2c1. The Morgan fingerprint density at radius 3 is 2.93 bits per heavy atom. The standard InChI is InChI=1S/C12H17N3/c1-12(2,13-3)7-9-4-5-10-11(6-9)15-8-14-10/h4-6,8,13H,7H2,1-3H3,(H,14,15). The second-order valence-corrected chi connectivity index (χ2v) is 4.56. The molecule has 15 heavy (non-hydrogen) atoms. The lowest BCUT2D eigenvalue weighted by atomic mass is 9.95. The van der Waals surface area contributed by atoms with Crippen molar-refractivity contribution in [3.05, 3.63) is 30.1 Å². The predicted octanol–water partition coefficient (Wildman–Crippen LogP) is 2.10. The Labute approximate surface area is 89.9 Å². The summed E-state index contributed by atoms with van der Waals surface area (Å²) in [7, 11) is 1.99. The van der Waals surface area contributed by atoms with Gasteiger partial charge >= 0.3 is 0 Å². The molecule has 0 spiro atoms. The minimum Gasteiger partial charge on any atom is -0.345 e. The second kappa shape index (κ2) is 3.66. The Hall–Kier alpha value is -1.35. The molecule has 1 aromatic carbocycles. The number of likely N-dealkylation sites (N-methyl/N-ethyl adjacent to an activating group) is 1. The van der Waals surface area contributed by atoms with Crippen LogP contribution in [-0.2, 0) is 6.42 Å². The molecule has 0 bridgehead atoms. The molecule has 1 heterocycles. The summed E-state index contributed by atoms with van der Waals surface area (Å²) in [6, 6.07) is 6.37. The van der Waals surface area contributed by atoms with Crippen molar-refractivity contribution in [2.75, 3.05) is 7.05 Å². The number of hydrogen-bond acceptors (Lipinski definition) is 2. The zero-order chi connectivity index (χ0) is 10.9. The van der Waals surface area contributed by atoms with E-state index < -0.39 is 0 Å². The number of nitrogens with one attached hydrogen (secondary N) is 2. The van der Waals surface area contributed by atoms with Gasteiger partial charge < -0.3 is 10.3 Å². The molecule has 3 nitrogen and oxygen atoms in total. The largest absolute Gasteiger partial charge is 0.345 e. The van der Waals surface area contributed by atoms with Crippen molar-refractivity contribution in [1.29, 1.82) is 0 Å². The van der Waals surface area contributed by atoms with Crippen molar-refractivity contribution >= 4 is 11.0 Å². The maximum absolute atomic E-state index is 4.21. The normalized spacial score (nSPS) is 12.2. The van der Waals surface area contributed by atoms with E-state index in [9.17, 15) is 0 Å². The van der Waals surface area contributed by atoms with Gasteiger partial charge in [-0.1, -0.05) is 6.07 Å². The van der Waals surface area contributed by atoms with Crippen molar-refractivity contribution < 1.29 is 0 Å². The fourth-order valence-corrected chi connectivity index (χ4v) is 1.69. The van der Waals surface area contributed by atoms with Crippen LogP contribution in [0.1, 0.15) is 19.4 Å². The molecule has 3 heteroatoms. The fraction of sp³-hybridized carbons (Fsp3) is 0.417. The van der Waals surface area contributed by atoms with Crippen LogP contribution in [0.2, 0.25) is 0 Å². The predicted molar refractivity (Wildman–Crippen MR) is 62.9 cm³/mol. The number of nitrogens with zero attached hydrogens (tertiary/aromatic N) is 1. The number of hydrogen-bond donors (Lipinski definition) is 2. The molecule has 0 saturated heterocycles. The first-order valence-corrected chi connectivity index (χ1v) is 5.22. The molecular formula is C12H17N3. The van der Waals surface area contributed by atoms with Crippen molar-refractivity contribution in [2.45, 2.75) is 25.8 Å². The summed E-state index contributed by atoms with van der Waals surface area (Å²) < 4.78 is 0. The van der Waals surface area contributed by atoms with E-state index in [1.54, 1.807) is 6.33 Å². The molecule has 0 aliphatic heterocycles. The van der Waals surface area contributed by atoms with Gasteiger partial charge in [0.2, 0.25) is 0 Å². The number of fused-ring (bicyclic) bond motifs is 1. The zero-order valence-electron chi connectivity index (χ0n) is 9.46. The van der Waals surface area contributed by atoms with Crippen molar-refractivity contribution in [1.82, 2.24) is 15.3 Å². The van der Waals surface area contributed by atoms with Crippen LogP contribution in [0.4, 0.5) is 0 Å². The Kier molecular flexibility index (Phi) is 2.49. The van der Waals surface area contributed by atoms with Crippen molar-refractivity contribution in [3.8, 4) is 0 Å². The van der Waals surface area contributed by atoms with Gasteiger partial charge in [0.1, 0.15) is 0 Å². The molecule has 0 saturated carbocycles. The highest BCUT2D eigenvalue weighted by molar-refractivity contribution is 5.75. The van der Waals surface area contributed by atoms with Crippen LogP contribution in [0, 0.1) is 0 Å². The van der Waals surface area contributed by atoms with Gasteiger partial charge in [-0.05, 0) is 45.0 Å². The van der Waals surface area contributed by atoms with Gasteiger partial charge in [0.15, 0.2) is 0 Å². The van der Waals surface area contributed by atoms with Gasteiger partial charge in [-0.25, -0.2) is 4.98 Å². The van der Waals surface area contributed by atoms with E-state index in [0.29, 0.717) is 0 Å². The monoisotopic (exact) mass is 203 g/mol. The van der Waals surface area contributed by atoms with Gasteiger partial charge in [-0.2, -0.15) is 0 Å². The maximum Gasteiger partial charge on any atom is 0.0931 e. The summed E-state index contributed by atoms with van der Waals surface area (Å²) in [4.78, 5) is 7.34. The Morgan fingerprint density at radius 2 is 2.20 bits per heavy atom. The molecule has 0 atom stereocenters. The molecule has 2 rings (SSSR count). The highest BCUT2D eigenvalue weighted by atomic mass is 14.9. The topological polar surface area (TPSA) is 40.7 Å². The van der Waals surface area contributed by atoms with Crippen LogP contribution in [0.3, 0.4) is 0 Å². The van der Waals surface area contributed by atoms with E-state index in [2.05, 4.69) is 47.3 Å². The molecule has 2 N–H and O–H groups in total. The second-order valence-electron chi connectivity index (χ2n) is 4.56. The molecule has 0 aliphatic rings. The van der Waals surface area contributed by atoms with E-state index in [1.807, 2.05) is 7.05 Å². The number of benzene rings is 1. The Bertz CT molecular complexity index is 457. The van der Waals surface area contributed by atoms with Gasteiger partial charge in [0.05, 0.1) is 17.4 Å². The minimum absolute atomic E-state index is 0.133. The van der Waals surface area contributed by atoms with Crippen LogP contribution < -0.4 is 5.32 Å².